The Kier molecular flexibility index (Phi) is 29.1. The van der Waals surface area contributed by atoms with Crippen LogP contribution in [0, 0.1) is 0 Å². The van der Waals surface area contributed by atoms with E-state index in [4.69, 9.17) is 9.47 Å². The minimum atomic E-state index is -1.10. The molecule has 51 heavy (non-hydrogen) atoms. The molecule has 0 radical (unpaired) electrons. The maximum atomic E-state index is 11.8. The van der Waals surface area contributed by atoms with Gasteiger partial charge in [-0.1, -0.05) is 20.3 Å². The van der Waals surface area contributed by atoms with Crippen molar-refractivity contribution >= 4 is 59.4 Å². The first kappa shape index (κ1) is 48.0. The van der Waals surface area contributed by atoms with Crippen LogP contribution in [0.3, 0.4) is 0 Å². The van der Waals surface area contributed by atoms with Gasteiger partial charge in [0.05, 0.1) is 0 Å². The Hall–Kier alpha value is -5.14. The molecule has 0 bridgehead atoms. The van der Waals surface area contributed by atoms with Gasteiger partial charge in [0.15, 0.2) is 45.4 Å². The van der Waals surface area contributed by atoms with Crippen molar-refractivity contribution in [2.45, 2.75) is 65.7 Å². The second kappa shape index (κ2) is 30.9. The van der Waals surface area contributed by atoms with E-state index in [2.05, 4.69) is 39.1 Å². The zero-order valence-corrected chi connectivity index (χ0v) is 28.1. The number of ketones is 1. The van der Waals surface area contributed by atoms with Crippen molar-refractivity contribution in [1.82, 2.24) is 10.6 Å². The van der Waals surface area contributed by atoms with Crippen molar-refractivity contribution in [2.24, 2.45) is 0 Å². The number of hydrogen-bond acceptors (Lipinski definition) is 18. The van der Waals surface area contributed by atoms with Gasteiger partial charge in [0.25, 0.3) is 11.8 Å². The quantitative estimate of drug-likeness (QED) is 0.0555. The van der Waals surface area contributed by atoms with Gasteiger partial charge in [-0.05, 0) is 32.6 Å². The molecular formula is C31H48N2O18. The molecule has 0 heterocycles. The predicted octanol–water partition coefficient (Wildman–Crippen LogP) is -0.986. The molecule has 0 atom stereocenters. The van der Waals surface area contributed by atoms with Crippen LogP contribution < -0.4 is 10.6 Å². The zero-order valence-electron chi connectivity index (χ0n) is 28.1. The summed E-state index contributed by atoms with van der Waals surface area (Å²) in [4.78, 5) is 115. The first-order valence-corrected chi connectivity index (χ1v) is 15.4. The number of esters is 7. The maximum absolute atomic E-state index is 11.8. The van der Waals surface area contributed by atoms with Gasteiger partial charge >= 0.3 is 41.8 Å². The molecule has 20 heteroatoms. The number of carbonyl (C=O) groups is 10. The summed E-state index contributed by atoms with van der Waals surface area (Å²) in [6.07, 6.45) is 2.97. The molecule has 2 N–H and O–H groups in total. The number of ether oxygens (including phenoxy) is 8. The van der Waals surface area contributed by atoms with Crippen LogP contribution >= 0.6 is 0 Å². The van der Waals surface area contributed by atoms with Gasteiger partial charge in [0.2, 0.25) is 0 Å². The van der Waals surface area contributed by atoms with E-state index >= 15 is 0 Å². The number of carbonyl (C=O) groups excluding carboxylic acids is 10. The number of unbranched alkanes of at least 4 members (excludes halogenated alkanes) is 4. The van der Waals surface area contributed by atoms with Gasteiger partial charge in [-0.2, -0.15) is 0 Å². The van der Waals surface area contributed by atoms with Gasteiger partial charge in [-0.3, -0.25) is 24.0 Å². The molecule has 290 valence electrons. The molecule has 0 unspecified atom stereocenters. The van der Waals surface area contributed by atoms with E-state index < -0.39 is 93.2 Å². The third kappa shape index (κ3) is 31.9. The summed E-state index contributed by atoms with van der Waals surface area (Å²) < 4.78 is 37.0. The number of amides is 2. The average Bonchev–Trinajstić information content (AvgIpc) is 3.08. The Morgan fingerprint density at radius 3 is 1.06 bits per heavy atom. The van der Waals surface area contributed by atoms with Crippen molar-refractivity contribution in [2.75, 3.05) is 73.1 Å². The lowest BCUT2D eigenvalue weighted by molar-refractivity contribution is -0.168. The van der Waals surface area contributed by atoms with Crippen molar-refractivity contribution in [3.05, 3.63) is 0 Å². The van der Waals surface area contributed by atoms with E-state index in [9.17, 15) is 47.9 Å². The van der Waals surface area contributed by atoms with E-state index in [0.717, 1.165) is 12.8 Å². The largest absolute Gasteiger partial charge is 0.455 e. The highest BCUT2D eigenvalue weighted by molar-refractivity contribution is 5.83. The number of hydrogen-bond donors (Lipinski definition) is 2. The fourth-order valence-corrected chi connectivity index (χ4v) is 3.20. The monoisotopic (exact) mass is 736 g/mol. The highest BCUT2D eigenvalue weighted by atomic mass is 16.6. The Morgan fingerprint density at radius 1 is 0.392 bits per heavy atom. The van der Waals surface area contributed by atoms with Crippen molar-refractivity contribution in [3.8, 4) is 0 Å². The highest BCUT2D eigenvalue weighted by Gasteiger charge is 2.15. The minimum absolute atomic E-state index is 0. The first-order valence-electron chi connectivity index (χ1n) is 15.4. The van der Waals surface area contributed by atoms with Crippen LogP contribution in [0.5, 0.6) is 0 Å². The topological polar surface area (TPSA) is 269 Å². The fourth-order valence-electron chi connectivity index (χ4n) is 3.20. The Balaban J connectivity index is 0. The summed E-state index contributed by atoms with van der Waals surface area (Å²) in [5.41, 5.74) is 0. The number of Topliss-reactive ketones (excluding diaryl/α,β-unsaturated/α-hetero) is 1. The maximum Gasteiger partial charge on any atom is 0.344 e. The second-order valence-corrected chi connectivity index (χ2v) is 10.1. The molecule has 0 saturated carbocycles. The van der Waals surface area contributed by atoms with Crippen molar-refractivity contribution in [3.63, 3.8) is 0 Å². The molecule has 0 fully saturated rings. The van der Waals surface area contributed by atoms with Crippen molar-refractivity contribution < 1.29 is 85.8 Å². The molecule has 20 nitrogen and oxygen atoms in total. The first-order chi connectivity index (χ1) is 23.8. The van der Waals surface area contributed by atoms with Crippen LogP contribution in [0.15, 0.2) is 0 Å². The van der Waals surface area contributed by atoms with Crippen LogP contribution in [-0.2, 0) is 85.8 Å². The molecule has 0 aromatic heterocycles. The summed E-state index contributed by atoms with van der Waals surface area (Å²) in [6.45, 7) is -2.90. The third-order valence-electron chi connectivity index (χ3n) is 5.59. The minimum Gasteiger partial charge on any atom is -0.455 e. The number of methoxy groups -OCH3 is 1. The smallest absolute Gasteiger partial charge is 0.344 e. The lowest BCUT2D eigenvalue weighted by Crippen LogP contribution is -2.31. The number of nitrogens with one attached hydrogen (secondary N) is 2. The van der Waals surface area contributed by atoms with E-state index in [0.29, 0.717) is 25.9 Å². The molecule has 0 aliphatic heterocycles. The molecule has 0 saturated heterocycles. The number of rotatable bonds is 28. The summed E-state index contributed by atoms with van der Waals surface area (Å²) in [7, 11) is 1.33. The lowest BCUT2D eigenvalue weighted by Gasteiger charge is -2.08. The van der Waals surface area contributed by atoms with Crippen molar-refractivity contribution in [1.29, 1.82) is 0 Å². The summed E-state index contributed by atoms with van der Waals surface area (Å²) >= 11 is 0. The van der Waals surface area contributed by atoms with E-state index in [1.54, 1.807) is 0 Å². The average molecular weight is 737 g/mol. The Morgan fingerprint density at radius 2 is 0.706 bits per heavy atom. The van der Waals surface area contributed by atoms with Gasteiger partial charge in [0.1, 0.15) is 13.2 Å². The fraction of sp³-hybridized carbons (Fsp3) is 0.677. The van der Waals surface area contributed by atoms with Gasteiger partial charge in [-0.25, -0.2) is 24.0 Å². The summed E-state index contributed by atoms with van der Waals surface area (Å²) in [6, 6.07) is 0. The SMILES string of the molecule is C.COCC(=O)OCC(=O)NCCCCCCNC(=O)COC(=O)COC(=O)COC(=O)COC(=O)CCCCC(=O)OCC(=O)OCC(C)=O. The van der Waals surface area contributed by atoms with Gasteiger partial charge < -0.3 is 48.5 Å². The summed E-state index contributed by atoms with van der Waals surface area (Å²) in [5.74, 6) is -7.58. The van der Waals surface area contributed by atoms with E-state index in [-0.39, 0.29) is 52.1 Å². The molecular weight excluding hydrogens is 688 g/mol. The molecule has 0 rings (SSSR count). The van der Waals surface area contributed by atoms with E-state index in [1.807, 2.05) is 0 Å². The summed E-state index contributed by atoms with van der Waals surface area (Å²) in [5, 5.41) is 5.15. The van der Waals surface area contributed by atoms with Crippen LogP contribution in [0.1, 0.15) is 65.7 Å². The molecule has 0 spiro atoms. The van der Waals surface area contributed by atoms with Gasteiger partial charge in [0, 0.05) is 33.0 Å². The van der Waals surface area contributed by atoms with Crippen LogP contribution in [0.4, 0.5) is 0 Å². The Bertz CT molecular complexity index is 1160. The molecule has 0 aliphatic carbocycles. The Labute approximate surface area is 294 Å². The predicted molar refractivity (Wildman–Crippen MR) is 169 cm³/mol. The highest BCUT2D eigenvalue weighted by Crippen LogP contribution is 2.03. The lowest BCUT2D eigenvalue weighted by atomic mass is 10.2. The normalized spacial score (nSPS) is 9.92. The third-order valence-corrected chi connectivity index (χ3v) is 5.59. The standard InChI is InChI=1S/C30H44N2O18.CH4/c1-21(33)13-44-27(39)17-47-24(36)9-5-6-10-25(37)48-18-29(41)50-20-30(42)49-19-28(40)46-15-23(35)32-12-8-4-3-7-11-31-22(34)14-45-26(38)16-43-2;/h3-20H2,1-2H3,(H,31,34)(H,32,35);1H4. The molecule has 2 amide bonds. The molecule has 0 aromatic carbocycles. The van der Waals surface area contributed by atoms with E-state index in [1.165, 1.54) is 14.0 Å². The zero-order chi connectivity index (χ0) is 37.6. The van der Waals surface area contributed by atoms with Crippen LogP contribution in [-0.4, -0.2) is 132 Å². The second-order valence-electron chi connectivity index (χ2n) is 10.1. The molecule has 0 aliphatic rings. The molecule has 0 aromatic rings. The van der Waals surface area contributed by atoms with Gasteiger partial charge in [-0.15, -0.1) is 0 Å². The van der Waals surface area contributed by atoms with Crippen LogP contribution in [0.2, 0.25) is 0 Å². The van der Waals surface area contributed by atoms with Crippen LogP contribution in [0.25, 0.3) is 0 Å².